The molecule has 6 rings (SSSR count). The van der Waals surface area contributed by atoms with Gasteiger partial charge in [-0.05, 0) is 72.0 Å². The van der Waals surface area contributed by atoms with E-state index < -0.39 is 0 Å². The highest BCUT2D eigenvalue weighted by Crippen LogP contribution is 2.37. The van der Waals surface area contributed by atoms with Gasteiger partial charge in [-0.3, -0.25) is 9.59 Å². The molecular formula is C31H25N3O2S. The van der Waals surface area contributed by atoms with Crippen molar-refractivity contribution in [2.45, 2.75) is 17.9 Å². The van der Waals surface area contributed by atoms with Crippen LogP contribution in [-0.2, 0) is 6.42 Å². The van der Waals surface area contributed by atoms with Crippen molar-refractivity contribution in [3.8, 4) is 11.1 Å². The maximum absolute atomic E-state index is 13.6. The molecule has 2 heterocycles. The van der Waals surface area contributed by atoms with Gasteiger partial charge in [0, 0.05) is 34.3 Å². The standard InChI is InChI=1S/C31H25N3O2S/c35-29(24-11-5-4-10-23(24)20-8-2-1-3-9-20)32-22-17-15-21(16-18-22)31(36)34-19-7-12-25-28-26(33-30(25)37)13-6-14-27(28)34/h1-6,8-11,13-18,33,37H,7,12,19H2,(H,32,35). The maximum atomic E-state index is 13.6. The van der Waals surface area contributed by atoms with E-state index in [0.717, 1.165) is 51.1 Å². The van der Waals surface area contributed by atoms with Gasteiger partial charge < -0.3 is 15.2 Å². The van der Waals surface area contributed by atoms with Gasteiger partial charge in [-0.25, -0.2) is 0 Å². The van der Waals surface area contributed by atoms with E-state index in [-0.39, 0.29) is 11.8 Å². The zero-order chi connectivity index (χ0) is 25.4. The number of amides is 2. The lowest BCUT2D eigenvalue weighted by atomic mass is 9.99. The summed E-state index contributed by atoms with van der Waals surface area (Å²) in [5, 5.41) is 4.91. The predicted molar refractivity (Wildman–Crippen MR) is 152 cm³/mol. The number of nitrogens with one attached hydrogen (secondary N) is 2. The zero-order valence-corrected chi connectivity index (χ0v) is 21.0. The summed E-state index contributed by atoms with van der Waals surface area (Å²) in [7, 11) is 0. The van der Waals surface area contributed by atoms with Gasteiger partial charge in [0.15, 0.2) is 0 Å². The van der Waals surface area contributed by atoms with E-state index in [0.29, 0.717) is 23.4 Å². The number of nitrogens with zero attached hydrogens (tertiary/aromatic N) is 1. The maximum Gasteiger partial charge on any atom is 0.258 e. The number of carbonyl (C=O) groups excluding carboxylic acids is 2. The van der Waals surface area contributed by atoms with Gasteiger partial charge in [0.25, 0.3) is 11.8 Å². The summed E-state index contributed by atoms with van der Waals surface area (Å²) in [4.78, 5) is 31.9. The van der Waals surface area contributed by atoms with E-state index in [2.05, 4.69) is 22.9 Å². The second kappa shape index (κ2) is 9.64. The summed E-state index contributed by atoms with van der Waals surface area (Å²) in [6.45, 7) is 0.634. The van der Waals surface area contributed by atoms with E-state index in [1.54, 1.807) is 24.3 Å². The number of aryl methyl sites for hydroxylation is 1. The summed E-state index contributed by atoms with van der Waals surface area (Å²) >= 11 is 4.61. The Hall–Kier alpha value is -4.29. The fourth-order valence-corrected chi connectivity index (χ4v) is 5.44. The van der Waals surface area contributed by atoms with Gasteiger partial charge in [0.2, 0.25) is 0 Å². The molecule has 0 spiro atoms. The Bertz CT molecular complexity index is 1620. The largest absolute Gasteiger partial charge is 0.350 e. The number of anilines is 2. The Morgan fingerprint density at radius 3 is 2.41 bits per heavy atom. The first-order valence-electron chi connectivity index (χ1n) is 12.3. The summed E-state index contributed by atoms with van der Waals surface area (Å²) in [5.41, 5.74) is 6.72. The number of hydrogen-bond acceptors (Lipinski definition) is 3. The van der Waals surface area contributed by atoms with E-state index in [9.17, 15) is 9.59 Å². The number of rotatable bonds is 4. The molecule has 4 aromatic carbocycles. The molecule has 6 heteroatoms. The zero-order valence-electron chi connectivity index (χ0n) is 20.1. The van der Waals surface area contributed by atoms with E-state index in [1.165, 1.54) is 0 Å². The molecule has 2 amide bonds. The van der Waals surface area contributed by atoms with Gasteiger partial charge in [0.1, 0.15) is 0 Å². The second-order valence-electron chi connectivity index (χ2n) is 9.16. The summed E-state index contributed by atoms with van der Waals surface area (Å²) in [6, 6.07) is 30.5. The van der Waals surface area contributed by atoms with Crippen LogP contribution in [0.5, 0.6) is 0 Å². The number of thiol groups is 1. The monoisotopic (exact) mass is 503 g/mol. The molecule has 1 aliphatic heterocycles. The number of hydrogen-bond donors (Lipinski definition) is 3. The van der Waals surface area contributed by atoms with Crippen LogP contribution in [0.2, 0.25) is 0 Å². The molecule has 1 aliphatic rings. The molecule has 0 fully saturated rings. The Kier molecular flexibility index (Phi) is 6.02. The van der Waals surface area contributed by atoms with Crippen molar-refractivity contribution >= 4 is 46.7 Å². The van der Waals surface area contributed by atoms with E-state index in [1.807, 2.05) is 77.7 Å². The van der Waals surface area contributed by atoms with Crippen molar-refractivity contribution in [3.05, 3.63) is 114 Å². The lowest BCUT2D eigenvalue weighted by Crippen LogP contribution is -2.31. The minimum absolute atomic E-state index is 0.0606. The smallest absolute Gasteiger partial charge is 0.258 e. The first kappa shape index (κ1) is 23.1. The highest BCUT2D eigenvalue weighted by molar-refractivity contribution is 7.80. The molecule has 0 saturated carbocycles. The van der Waals surface area contributed by atoms with Gasteiger partial charge in [0.05, 0.1) is 10.7 Å². The minimum atomic E-state index is -0.194. The molecule has 182 valence electrons. The summed E-state index contributed by atoms with van der Waals surface area (Å²) in [6.07, 6.45) is 1.73. The van der Waals surface area contributed by atoms with Crippen LogP contribution in [0.25, 0.3) is 22.0 Å². The molecule has 0 radical (unpaired) electrons. The third-order valence-electron chi connectivity index (χ3n) is 6.87. The van der Waals surface area contributed by atoms with Crippen LogP contribution in [0, 0.1) is 0 Å². The molecule has 0 aliphatic carbocycles. The molecule has 0 bridgehead atoms. The number of aromatic nitrogens is 1. The highest BCUT2D eigenvalue weighted by Gasteiger charge is 2.25. The van der Waals surface area contributed by atoms with Gasteiger partial charge in [-0.15, -0.1) is 12.6 Å². The highest BCUT2D eigenvalue weighted by atomic mass is 32.1. The van der Waals surface area contributed by atoms with Crippen LogP contribution in [0.3, 0.4) is 0 Å². The Morgan fingerprint density at radius 1 is 0.838 bits per heavy atom. The van der Waals surface area contributed by atoms with Gasteiger partial charge in [-0.2, -0.15) is 0 Å². The third kappa shape index (κ3) is 4.30. The predicted octanol–water partition coefficient (Wildman–Crippen LogP) is 6.97. The van der Waals surface area contributed by atoms with E-state index in [4.69, 9.17) is 0 Å². The quantitative estimate of drug-likeness (QED) is 0.232. The normalized spacial score (nSPS) is 12.8. The molecule has 37 heavy (non-hydrogen) atoms. The van der Waals surface area contributed by atoms with Crippen molar-refractivity contribution in [3.63, 3.8) is 0 Å². The lowest BCUT2D eigenvalue weighted by Gasteiger charge is -2.22. The molecule has 5 aromatic rings. The average molecular weight is 504 g/mol. The summed E-state index contributed by atoms with van der Waals surface area (Å²) < 4.78 is 0. The third-order valence-corrected chi connectivity index (χ3v) is 7.26. The Balaban J connectivity index is 1.24. The average Bonchev–Trinajstić information content (AvgIpc) is 3.13. The second-order valence-corrected chi connectivity index (χ2v) is 9.60. The van der Waals surface area contributed by atoms with Crippen LogP contribution in [0.4, 0.5) is 11.4 Å². The number of benzene rings is 4. The van der Waals surface area contributed by atoms with Crippen LogP contribution >= 0.6 is 12.6 Å². The Morgan fingerprint density at radius 2 is 1.59 bits per heavy atom. The molecule has 2 N–H and O–H groups in total. The summed E-state index contributed by atoms with van der Waals surface area (Å²) in [5.74, 6) is -0.255. The number of carbonyl (C=O) groups is 2. The number of H-pyrrole nitrogens is 1. The fraction of sp³-hybridized carbons (Fsp3) is 0.0968. The van der Waals surface area contributed by atoms with Crippen LogP contribution in [0.1, 0.15) is 32.7 Å². The van der Waals surface area contributed by atoms with Crippen LogP contribution in [-0.4, -0.2) is 23.3 Å². The Labute approximate surface area is 220 Å². The first-order valence-corrected chi connectivity index (χ1v) is 12.7. The molecule has 5 nitrogen and oxygen atoms in total. The molecule has 0 saturated heterocycles. The van der Waals surface area contributed by atoms with Gasteiger partial charge in [-0.1, -0.05) is 54.6 Å². The SMILES string of the molecule is O=C(Nc1ccc(C(=O)N2CCCc3c(S)[nH]c4cccc2c34)cc1)c1ccccc1-c1ccccc1. The lowest BCUT2D eigenvalue weighted by molar-refractivity contribution is 0.0986. The fourth-order valence-electron chi connectivity index (χ4n) is 5.10. The molecule has 1 aromatic heterocycles. The topological polar surface area (TPSA) is 65.2 Å². The van der Waals surface area contributed by atoms with Crippen molar-refractivity contribution in [1.82, 2.24) is 4.98 Å². The number of aromatic amines is 1. The van der Waals surface area contributed by atoms with Gasteiger partial charge >= 0.3 is 0 Å². The molecular weight excluding hydrogens is 478 g/mol. The molecule has 0 atom stereocenters. The van der Waals surface area contributed by atoms with Crippen molar-refractivity contribution in [2.75, 3.05) is 16.8 Å². The minimum Gasteiger partial charge on any atom is -0.350 e. The van der Waals surface area contributed by atoms with Crippen LogP contribution < -0.4 is 10.2 Å². The van der Waals surface area contributed by atoms with E-state index >= 15 is 0 Å². The van der Waals surface area contributed by atoms with Crippen LogP contribution in [0.15, 0.2) is 102 Å². The first-order chi connectivity index (χ1) is 18.1. The van der Waals surface area contributed by atoms with Crippen molar-refractivity contribution < 1.29 is 9.59 Å². The van der Waals surface area contributed by atoms with Crippen molar-refractivity contribution in [1.29, 1.82) is 0 Å². The molecule has 0 unspecified atom stereocenters. The van der Waals surface area contributed by atoms with Crippen molar-refractivity contribution in [2.24, 2.45) is 0 Å².